The molecule has 1 aliphatic heterocycles. The van der Waals surface area contributed by atoms with Gasteiger partial charge in [-0.3, -0.25) is 4.79 Å². The van der Waals surface area contributed by atoms with Crippen molar-refractivity contribution in [1.29, 1.82) is 0 Å². The Bertz CT molecular complexity index is 625. The van der Waals surface area contributed by atoms with Gasteiger partial charge in [0, 0.05) is 24.2 Å². The Hall–Kier alpha value is -1.30. The number of nitrogens with zero attached hydrogens (tertiary/aromatic N) is 2. The van der Waals surface area contributed by atoms with Gasteiger partial charge in [-0.1, -0.05) is 13.0 Å². The number of rotatable bonds is 4. The summed E-state index contributed by atoms with van der Waals surface area (Å²) < 4.78 is 2.03. The van der Waals surface area contributed by atoms with Crippen LogP contribution in [0.15, 0.2) is 35.8 Å². The Labute approximate surface area is 141 Å². The Morgan fingerprint density at radius 2 is 2.23 bits per heavy atom. The fourth-order valence-corrected chi connectivity index (χ4v) is 3.54. The molecule has 0 bridgehead atoms. The molecule has 6 heteroatoms. The Balaban J connectivity index is 0.00000176. The first kappa shape index (κ1) is 17.1. The Morgan fingerprint density at radius 3 is 2.86 bits per heavy atom. The van der Waals surface area contributed by atoms with E-state index >= 15 is 0 Å². The second-order valence-corrected chi connectivity index (χ2v) is 7.12. The van der Waals surface area contributed by atoms with Gasteiger partial charge in [0.25, 0.3) is 5.91 Å². The summed E-state index contributed by atoms with van der Waals surface area (Å²) in [5, 5.41) is 2.06. The molecule has 4 nitrogen and oxygen atoms in total. The maximum Gasteiger partial charge on any atom is 0.270 e. The van der Waals surface area contributed by atoms with E-state index in [2.05, 4.69) is 18.4 Å². The molecule has 3 heterocycles. The van der Waals surface area contributed by atoms with E-state index in [0.717, 1.165) is 31.7 Å². The number of carbonyl (C=O) groups is 1. The highest BCUT2D eigenvalue weighted by Gasteiger charge is 2.35. The van der Waals surface area contributed by atoms with E-state index in [0.29, 0.717) is 6.54 Å². The van der Waals surface area contributed by atoms with Crippen molar-refractivity contribution < 1.29 is 4.79 Å². The molecule has 0 radical (unpaired) electrons. The number of carbonyl (C=O) groups excluding carboxylic acids is 1. The van der Waals surface area contributed by atoms with Crippen LogP contribution in [0.25, 0.3) is 0 Å². The quantitative estimate of drug-likeness (QED) is 0.931. The number of halogens is 1. The average molecular weight is 340 g/mol. The predicted molar refractivity (Wildman–Crippen MR) is 92.8 cm³/mol. The van der Waals surface area contributed by atoms with Crippen molar-refractivity contribution in [1.82, 2.24) is 9.47 Å². The lowest BCUT2D eigenvalue weighted by Crippen LogP contribution is -2.35. The first-order chi connectivity index (χ1) is 10.1. The highest BCUT2D eigenvalue weighted by atomic mass is 35.5. The van der Waals surface area contributed by atoms with Crippen LogP contribution < -0.4 is 5.73 Å². The van der Waals surface area contributed by atoms with Crippen molar-refractivity contribution >= 4 is 29.7 Å². The van der Waals surface area contributed by atoms with E-state index in [1.165, 1.54) is 4.88 Å². The van der Waals surface area contributed by atoms with E-state index in [4.69, 9.17) is 5.73 Å². The average Bonchev–Trinajstić information content (AvgIpc) is 3.20. The molecule has 1 saturated heterocycles. The first-order valence-corrected chi connectivity index (χ1v) is 8.16. The standard InChI is InChI=1S/C16H21N3OS.ClH/c1-16(11-17)6-8-19(12-16)15(20)14-5-2-7-18(14)10-13-4-3-9-21-13;/h2-5,7,9H,6,8,10-12,17H2,1H3;1H. The van der Waals surface area contributed by atoms with Crippen molar-refractivity contribution in [3.63, 3.8) is 0 Å². The number of hydrogen-bond donors (Lipinski definition) is 1. The van der Waals surface area contributed by atoms with Crippen LogP contribution in [0.5, 0.6) is 0 Å². The van der Waals surface area contributed by atoms with Crippen LogP contribution in [0.3, 0.4) is 0 Å². The second-order valence-electron chi connectivity index (χ2n) is 6.09. The van der Waals surface area contributed by atoms with Gasteiger partial charge in [0.1, 0.15) is 5.69 Å². The van der Waals surface area contributed by atoms with Gasteiger partial charge < -0.3 is 15.2 Å². The van der Waals surface area contributed by atoms with Crippen LogP contribution in [0.2, 0.25) is 0 Å². The molecule has 0 aromatic carbocycles. The maximum atomic E-state index is 12.7. The first-order valence-electron chi connectivity index (χ1n) is 7.28. The summed E-state index contributed by atoms with van der Waals surface area (Å²) in [6.45, 7) is 5.11. The SMILES string of the molecule is CC1(CN)CCN(C(=O)c2cccn2Cc2cccs2)C1.Cl. The minimum Gasteiger partial charge on any atom is -0.338 e. The summed E-state index contributed by atoms with van der Waals surface area (Å²) in [6.07, 6.45) is 2.96. The van der Waals surface area contributed by atoms with Gasteiger partial charge in [0.15, 0.2) is 0 Å². The summed E-state index contributed by atoms with van der Waals surface area (Å²) in [7, 11) is 0. The van der Waals surface area contributed by atoms with Crippen molar-refractivity contribution in [2.45, 2.75) is 19.9 Å². The number of nitrogens with two attached hydrogens (primary N) is 1. The van der Waals surface area contributed by atoms with Gasteiger partial charge in [-0.25, -0.2) is 0 Å². The van der Waals surface area contributed by atoms with E-state index < -0.39 is 0 Å². The number of amides is 1. The predicted octanol–water partition coefficient (Wildman–Crippen LogP) is 2.83. The monoisotopic (exact) mass is 339 g/mol. The van der Waals surface area contributed by atoms with Gasteiger partial charge in [-0.15, -0.1) is 23.7 Å². The van der Waals surface area contributed by atoms with E-state index in [1.807, 2.05) is 33.9 Å². The van der Waals surface area contributed by atoms with Crippen molar-refractivity contribution in [3.05, 3.63) is 46.4 Å². The molecule has 3 rings (SSSR count). The molecule has 0 aliphatic carbocycles. The van der Waals surface area contributed by atoms with Crippen LogP contribution in [-0.2, 0) is 6.54 Å². The zero-order valence-corrected chi connectivity index (χ0v) is 14.3. The molecule has 1 aliphatic rings. The molecule has 22 heavy (non-hydrogen) atoms. The van der Waals surface area contributed by atoms with Crippen LogP contribution in [0.1, 0.15) is 28.7 Å². The topological polar surface area (TPSA) is 51.3 Å². The smallest absolute Gasteiger partial charge is 0.270 e. The molecule has 0 saturated carbocycles. The van der Waals surface area contributed by atoms with Crippen LogP contribution in [0.4, 0.5) is 0 Å². The summed E-state index contributed by atoms with van der Waals surface area (Å²) in [4.78, 5) is 15.9. The molecule has 1 amide bonds. The molecule has 2 aromatic heterocycles. The van der Waals surface area contributed by atoms with Gasteiger partial charge in [-0.2, -0.15) is 0 Å². The fourth-order valence-electron chi connectivity index (χ4n) is 2.84. The molecule has 2 aromatic rings. The van der Waals surface area contributed by atoms with Crippen LogP contribution >= 0.6 is 23.7 Å². The van der Waals surface area contributed by atoms with E-state index in [-0.39, 0.29) is 23.7 Å². The lowest BCUT2D eigenvalue weighted by atomic mass is 9.90. The molecule has 1 atom stereocenters. The van der Waals surface area contributed by atoms with Crippen LogP contribution in [-0.4, -0.2) is 35.0 Å². The zero-order chi connectivity index (χ0) is 14.9. The molecular formula is C16H22ClN3OS. The van der Waals surface area contributed by atoms with Gasteiger partial charge in [0.05, 0.1) is 6.54 Å². The molecule has 0 spiro atoms. The Morgan fingerprint density at radius 1 is 1.41 bits per heavy atom. The lowest BCUT2D eigenvalue weighted by Gasteiger charge is -2.23. The van der Waals surface area contributed by atoms with E-state index in [1.54, 1.807) is 11.3 Å². The third-order valence-electron chi connectivity index (χ3n) is 4.29. The minimum atomic E-state index is 0. The highest BCUT2D eigenvalue weighted by Crippen LogP contribution is 2.29. The van der Waals surface area contributed by atoms with E-state index in [9.17, 15) is 4.79 Å². The van der Waals surface area contributed by atoms with Crippen molar-refractivity contribution in [2.24, 2.45) is 11.1 Å². The highest BCUT2D eigenvalue weighted by molar-refractivity contribution is 7.09. The third kappa shape index (κ3) is 3.37. The number of hydrogen-bond acceptors (Lipinski definition) is 3. The molecular weight excluding hydrogens is 318 g/mol. The zero-order valence-electron chi connectivity index (χ0n) is 12.7. The van der Waals surface area contributed by atoms with Gasteiger partial charge in [0.2, 0.25) is 0 Å². The molecule has 1 fully saturated rings. The molecule has 120 valence electrons. The number of aromatic nitrogens is 1. The van der Waals surface area contributed by atoms with Gasteiger partial charge in [-0.05, 0) is 42.0 Å². The van der Waals surface area contributed by atoms with Crippen molar-refractivity contribution in [3.8, 4) is 0 Å². The van der Waals surface area contributed by atoms with Gasteiger partial charge >= 0.3 is 0 Å². The second kappa shape index (κ2) is 6.86. The lowest BCUT2D eigenvalue weighted by molar-refractivity contribution is 0.0766. The number of likely N-dealkylation sites (tertiary alicyclic amines) is 1. The Kier molecular flexibility index (Phi) is 5.32. The maximum absolute atomic E-state index is 12.7. The minimum absolute atomic E-state index is 0. The normalized spacial score (nSPS) is 20.9. The van der Waals surface area contributed by atoms with Crippen LogP contribution in [0, 0.1) is 5.41 Å². The summed E-state index contributed by atoms with van der Waals surface area (Å²) in [5.74, 6) is 0.119. The summed E-state index contributed by atoms with van der Waals surface area (Å²) in [5.41, 5.74) is 6.67. The number of thiophene rings is 1. The summed E-state index contributed by atoms with van der Waals surface area (Å²) >= 11 is 1.71. The largest absolute Gasteiger partial charge is 0.338 e. The fraction of sp³-hybridized carbons (Fsp3) is 0.438. The molecule has 2 N–H and O–H groups in total. The molecule has 1 unspecified atom stereocenters. The summed E-state index contributed by atoms with van der Waals surface area (Å²) in [6, 6.07) is 7.99. The van der Waals surface area contributed by atoms with Crippen molar-refractivity contribution in [2.75, 3.05) is 19.6 Å². The third-order valence-corrected chi connectivity index (χ3v) is 5.15.